The minimum atomic E-state index is -4.88. The molecule has 2 aliphatic heterocycles. The summed E-state index contributed by atoms with van der Waals surface area (Å²) in [6, 6.07) is 6.09. The smallest absolute Gasteiger partial charge is 0.433 e. The fraction of sp³-hybridized carbons (Fsp3) is 0.394. The number of allylic oxidation sites excluding steroid dienone is 2. The molecule has 1 saturated carbocycles. The van der Waals surface area contributed by atoms with Gasteiger partial charge in [-0.05, 0) is 55.2 Å². The van der Waals surface area contributed by atoms with Crippen LogP contribution < -0.4 is 10.0 Å². The molecule has 6 atom stereocenters. The van der Waals surface area contributed by atoms with Gasteiger partial charge in [-0.1, -0.05) is 34.9 Å². The molecule has 3 aromatic rings. The number of pyridine rings is 2. The third-order valence-electron chi connectivity index (χ3n) is 10.2. The normalized spacial score (nSPS) is 25.8. The molecule has 0 radical (unpaired) electrons. The van der Waals surface area contributed by atoms with E-state index in [0.29, 0.717) is 27.7 Å². The number of alkyl halides is 6. The molecule has 4 amide bonds. The second-order valence-corrected chi connectivity index (χ2v) is 13.8. The Balaban J connectivity index is 1.27. The van der Waals surface area contributed by atoms with Crippen molar-refractivity contribution < 1.29 is 55.0 Å². The van der Waals surface area contributed by atoms with E-state index < -0.39 is 101 Å². The van der Waals surface area contributed by atoms with Gasteiger partial charge in [0.2, 0.25) is 0 Å². The van der Waals surface area contributed by atoms with Crippen LogP contribution in [0.4, 0.5) is 38.0 Å². The van der Waals surface area contributed by atoms with Crippen molar-refractivity contribution in [1.82, 2.24) is 20.0 Å². The SMILES string of the molecule is CN(c1nc(C(F)(F)F)ccc1Cl)N1C(=O)C2CC=C3C(CC4C(=O)N(N(C)c5nc(C(F)(F)F)ccc5Cl)C(=O)C4C3c3ccc(CO)o3)C2C1=O. The van der Waals surface area contributed by atoms with E-state index in [-0.39, 0.29) is 34.4 Å². The molecule has 12 nitrogen and oxygen atoms in total. The van der Waals surface area contributed by atoms with Crippen LogP contribution >= 0.6 is 23.2 Å². The number of furan rings is 1. The summed E-state index contributed by atoms with van der Waals surface area (Å²) in [6.45, 7) is -0.518. The lowest BCUT2D eigenvalue weighted by atomic mass is 9.58. The number of amides is 4. The van der Waals surface area contributed by atoms with Gasteiger partial charge in [0, 0.05) is 14.1 Å². The predicted molar refractivity (Wildman–Crippen MR) is 171 cm³/mol. The van der Waals surface area contributed by atoms with Gasteiger partial charge in [0.15, 0.2) is 11.6 Å². The second-order valence-electron chi connectivity index (χ2n) is 13.0. The lowest BCUT2D eigenvalue weighted by Gasteiger charge is -2.42. The van der Waals surface area contributed by atoms with Crippen LogP contribution in [0.5, 0.6) is 0 Å². The van der Waals surface area contributed by atoms with E-state index in [2.05, 4.69) is 9.97 Å². The maximum atomic E-state index is 14.3. The van der Waals surface area contributed by atoms with Gasteiger partial charge in [-0.2, -0.15) is 36.4 Å². The van der Waals surface area contributed by atoms with Gasteiger partial charge >= 0.3 is 12.4 Å². The number of halogens is 8. The number of aliphatic hydroxyl groups excluding tert-OH is 1. The quantitative estimate of drug-likeness (QED) is 0.190. The van der Waals surface area contributed by atoms with Crippen molar-refractivity contribution in [1.29, 1.82) is 0 Å². The summed E-state index contributed by atoms with van der Waals surface area (Å²) in [5.74, 6) is -10.5. The number of hydrogen-bond acceptors (Lipinski definition) is 10. The van der Waals surface area contributed by atoms with Crippen molar-refractivity contribution in [3.63, 3.8) is 0 Å². The summed E-state index contributed by atoms with van der Waals surface area (Å²) in [7, 11) is 2.31. The van der Waals surface area contributed by atoms with Crippen LogP contribution in [-0.4, -0.2) is 62.8 Å². The van der Waals surface area contributed by atoms with E-state index in [0.717, 1.165) is 36.2 Å². The number of fused-ring (bicyclic) bond motifs is 4. The Bertz CT molecular complexity index is 2090. The number of rotatable bonds is 6. The number of anilines is 2. The van der Waals surface area contributed by atoms with Gasteiger partial charge in [0.05, 0.1) is 39.6 Å². The highest BCUT2D eigenvalue weighted by Gasteiger charge is 2.64. The van der Waals surface area contributed by atoms with Gasteiger partial charge in [-0.25, -0.2) is 9.97 Å². The maximum absolute atomic E-state index is 14.3. The van der Waals surface area contributed by atoms with Crippen molar-refractivity contribution in [2.45, 2.75) is 37.7 Å². The zero-order chi connectivity index (χ0) is 38.5. The molecule has 280 valence electrons. The van der Waals surface area contributed by atoms with E-state index in [1.807, 2.05) is 0 Å². The minimum absolute atomic E-state index is 0.0356. The molecule has 3 fully saturated rings. The molecule has 6 unspecified atom stereocenters. The zero-order valence-electron chi connectivity index (χ0n) is 27.3. The Morgan fingerprint density at radius 3 is 1.75 bits per heavy atom. The van der Waals surface area contributed by atoms with E-state index in [1.165, 1.54) is 12.1 Å². The van der Waals surface area contributed by atoms with Gasteiger partial charge in [0.1, 0.15) is 29.5 Å². The molecule has 0 aromatic carbocycles. The Hall–Kier alpha value is -4.68. The first-order valence-electron chi connectivity index (χ1n) is 15.9. The van der Waals surface area contributed by atoms with Crippen LogP contribution in [0, 0.1) is 29.6 Å². The maximum Gasteiger partial charge on any atom is 0.433 e. The summed E-state index contributed by atoms with van der Waals surface area (Å²) >= 11 is 12.4. The third-order valence-corrected chi connectivity index (χ3v) is 10.8. The molecular formula is C33H26Cl2F6N6O6. The lowest BCUT2D eigenvalue weighted by Crippen LogP contribution is -2.46. The second kappa shape index (κ2) is 12.7. The Kier molecular flexibility index (Phi) is 8.80. The summed E-state index contributed by atoms with van der Waals surface area (Å²) in [4.78, 5) is 63.7. The first kappa shape index (κ1) is 36.7. The van der Waals surface area contributed by atoms with Gasteiger partial charge < -0.3 is 9.52 Å². The zero-order valence-corrected chi connectivity index (χ0v) is 28.8. The van der Waals surface area contributed by atoms with Crippen LogP contribution in [0.25, 0.3) is 0 Å². The van der Waals surface area contributed by atoms with Gasteiger partial charge in [-0.15, -0.1) is 0 Å². The van der Waals surface area contributed by atoms with Crippen LogP contribution in [0.2, 0.25) is 10.0 Å². The first-order chi connectivity index (χ1) is 24.8. The van der Waals surface area contributed by atoms with Crippen molar-refractivity contribution >= 4 is 58.5 Å². The largest absolute Gasteiger partial charge is 0.463 e. The predicted octanol–water partition coefficient (Wildman–Crippen LogP) is 5.65. The average molecular weight is 788 g/mol. The topological polar surface area (TPSA) is 140 Å². The van der Waals surface area contributed by atoms with Crippen molar-refractivity contribution in [2.75, 3.05) is 24.1 Å². The van der Waals surface area contributed by atoms with E-state index in [1.54, 1.807) is 6.08 Å². The summed E-state index contributed by atoms with van der Waals surface area (Å²) in [6.07, 6.45) is -8.29. The first-order valence-corrected chi connectivity index (χ1v) is 16.7. The Labute approximate surface area is 305 Å². The van der Waals surface area contributed by atoms with Crippen molar-refractivity contribution in [2.24, 2.45) is 29.6 Å². The molecule has 4 aliphatic rings. The molecule has 53 heavy (non-hydrogen) atoms. The molecule has 0 spiro atoms. The van der Waals surface area contributed by atoms with E-state index in [9.17, 15) is 50.6 Å². The molecular weight excluding hydrogens is 761 g/mol. The van der Waals surface area contributed by atoms with Crippen LogP contribution in [0.1, 0.15) is 41.7 Å². The molecule has 2 saturated heterocycles. The Morgan fingerprint density at radius 1 is 0.755 bits per heavy atom. The minimum Gasteiger partial charge on any atom is -0.463 e. The molecule has 5 heterocycles. The fourth-order valence-electron chi connectivity index (χ4n) is 7.93. The van der Waals surface area contributed by atoms with E-state index >= 15 is 0 Å². The molecule has 7 rings (SSSR count). The molecule has 0 bridgehead atoms. The Morgan fingerprint density at radius 2 is 1.26 bits per heavy atom. The summed E-state index contributed by atoms with van der Waals surface area (Å²) in [5.41, 5.74) is -2.17. The number of nitrogens with zero attached hydrogens (tertiary/aromatic N) is 6. The number of aromatic nitrogens is 2. The number of carbonyl (C=O) groups excluding carboxylic acids is 4. The van der Waals surface area contributed by atoms with Crippen LogP contribution in [0.3, 0.4) is 0 Å². The molecule has 3 aromatic heterocycles. The van der Waals surface area contributed by atoms with Gasteiger partial charge in [-0.3, -0.25) is 29.2 Å². The number of imide groups is 2. The summed E-state index contributed by atoms with van der Waals surface area (Å²) in [5, 5.41) is 12.2. The van der Waals surface area contributed by atoms with Crippen molar-refractivity contribution in [3.05, 3.63) is 81.0 Å². The highest BCUT2D eigenvalue weighted by molar-refractivity contribution is 6.33. The monoisotopic (exact) mass is 786 g/mol. The number of aliphatic hydroxyl groups is 1. The average Bonchev–Trinajstić information content (AvgIpc) is 3.75. The fourth-order valence-corrected chi connectivity index (χ4v) is 8.39. The molecule has 20 heteroatoms. The highest BCUT2D eigenvalue weighted by atomic mass is 35.5. The summed E-state index contributed by atoms with van der Waals surface area (Å²) < 4.78 is 87.2. The standard InChI is InChI=1S/C33H26Cl2F6N6O6/c1-44(26-18(34)6-9-21(42-26)32(36,37)38)46-28(49)15-5-4-14-16(23(15)30(46)51)11-17-25(24(14)20-8-3-13(12-48)53-20)31(52)47(29(17)50)45(2)27-19(35)7-10-22(43-27)33(39,40)41/h3-4,6-10,15-17,23-25,48H,5,11-12H2,1-2H3. The number of carbonyl (C=O) groups is 4. The van der Waals surface area contributed by atoms with Crippen LogP contribution in [0.15, 0.2) is 52.5 Å². The molecule has 2 aliphatic carbocycles. The lowest BCUT2D eigenvalue weighted by molar-refractivity contribution is -0.143. The molecule has 1 N–H and O–H groups in total. The highest BCUT2D eigenvalue weighted by Crippen LogP contribution is 2.58. The van der Waals surface area contributed by atoms with E-state index in [4.69, 9.17) is 27.6 Å². The number of hydrazine groups is 2. The van der Waals surface area contributed by atoms with Crippen LogP contribution in [-0.2, 0) is 38.1 Å². The third kappa shape index (κ3) is 5.81. The number of hydrogen-bond donors (Lipinski definition) is 1. The van der Waals surface area contributed by atoms with Crippen molar-refractivity contribution in [3.8, 4) is 0 Å². The van der Waals surface area contributed by atoms with Gasteiger partial charge in [0.25, 0.3) is 23.6 Å².